The van der Waals surface area contributed by atoms with Crippen molar-refractivity contribution in [2.75, 3.05) is 5.32 Å². The molecule has 0 saturated heterocycles. The topological polar surface area (TPSA) is 96.2 Å². The highest BCUT2D eigenvalue weighted by Crippen LogP contribution is 2.27. The van der Waals surface area contributed by atoms with Gasteiger partial charge in [-0.1, -0.05) is 25.0 Å². The summed E-state index contributed by atoms with van der Waals surface area (Å²) in [6.07, 6.45) is 3.55. The number of hydrogen-bond acceptors (Lipinski definition) is 3. The molecule has 1 aliphatic rings. The molecule has 0 spiro atoms. The smallest absolute Gasteiger partial charge is 0.319 e. The van der Waals surface area contributed by atoms with E-state index in [1.165, 1.54) is 0 Å². The van der Waals surface area contributed by atoms with E-state index in [9.17, 15) is 9.59 Å². The molecule has 5 N–H and O–H groups in total. The minimum atomic E-state index is -0.698. The maximum Gasteiger partial charge on any atom is 0.319 e. The number of nitrogens with two attached hydrogens (primary N) is 1. The Morgan fingerprint density at radius 2 is 1.75 bits per heavy atom. The normalized spacial score (nSPS) is 15.5. The number of urea groups is 1. The van der Waals surface area contributed by atoms with Gasteiger partial charge in [0.25, 0.3) is 0 Å². The van der Waals surface area contributed by atoms with Crippen LogP contribution in [-0.2, 0) is 11.3 Å². The molecule has 0 aliphatic heterocycles. The molecule has 2 rings (SSSR count). The molecule has 134 valence electrons. The minimum Gasteiger partial charge on any atom is -0.350 e. The molecule has 0 radical (unpaired) electrons. The molecule has 6 nitrogen and oxygen atoms in total. The highest BCUT2D eigenvalue weighted by Gasteiger charge is 2.36. The fraction of sp³-hybridized carbons (Fsp3) is 0.529. The second kappa shape index (κ2) is 8.89. The number of rotatable bonds is 5. The van der Waals surface area contributed by atoms with Crippen molar-refractivity contribution in [3.8, 4) is 0 Å². The Morgan fingerprint density at radius 1 is 1.17 bits per heavy atom. The average Bonchev–Trinajstić information content (AvgIpc) is 2.93. The quantitative estimate of drug-likeness (QED) is 0.654. The molecule has 1 aliphatic carbocycles. The number of carbonyl (C=O) groups excluding carboxylic acids is 2. The van der Waals surface area contributed by atoms with Crippen molar-refractivity contribution in [3.63, 3.8) is 0 Å². The van der Waals surface area contributed by atoms with Gasteiger partial charge >= 0.3 is 6.03 Å². The van der Waals surface area contributed by atoms with Crippen molar-refractivity contribution in [2.24, 2.45) is 5.73 Å². The van der Waals surface area contributed by atoms with Crippen molar-refractivity contribution in [1.29, 1.82) is 0 Å². The summed E-state index contributed by atoms with van der Waals surface area (Å²) < 4.78 is 0. The Balaban J connectivity index is 0.00000288. The predicted molar refractivity (Wildman–Crippen MR) is 98.2 cm³/mol. The zero-order valence-corrected chi connectivity index (χ0v) is 15.0. The van der Waals surface area contributed by atoms with Gasteiger partial charge < -0.3 is 21.7 Å². The second-order valence-electron chi connectivity index (χ2n) is 6.50. The van der Waals surface area contributed by atoms with E-state index >= 15 is 0 Å². The zero-order valence-electron chi connectivity index (χ0n) is 14.2. The second-order valence-corrected chi connectivity index (χ2v) is 6.50. The number of benzene rings is 1. The average molecular weight is 355 g/mol. The molecule has 1 fully saturated rings. The van der Waals surface area contributed by atoms with Crippen molar-refractivity contribution in [1.82, 2.24) is 10.6 Å². The first kappa shape index (κ1) is 20.3. The van der Waals surface area contributed by atoms with Crippen LogP contribution in [0.4, 0.5) is 10.5 Å². The Kier molecular flexibility index (Phi) is 7.51. The number of hydrogen-bond donors (Lipinski definition) is 4. The first-order chi connectivity index (χ1) is 10.9. The molecule has 1 aromatic carbocycles. The maximum absolute atomic E-state index is 12.2. The monoisotopic (exact) mass is 354 g/mol. The van der Waals surface area contributed by atoms with Crippen LogP contribution in [0.15, 0.2) is 24.3 Å². The summed E-state index contributed by atoms with van der Waals surface area (Å²) >= 11 is 0. The van der Waals surface area contributed by atoms with Gasteiger partial charge in [0.05, 0.1) is 5.54 Å². The highest BCUT2D eigenvalue weighted by molar-refractivity contribution is 5.89. The molecule has 0 unspecified atom stereocenters. The van der Waals surface area contributed by atoms with E-state index in [0.29, 0.717) is 12.2 Å². The summed E-state index contributed by atoms with van der Waals surface area (Å²) in [5, 5.41) is 8.42. The van der Waals surface area contributed by atoms with Crippen molar-refractivity contribution >= 4 is 30.0 Å². The number of carbonyl (C=O) groups is 2. The molecule has 1 saturated carbocycles. The fourth-order valence-electron chi connectivity index (χ4n) is 2.73. The van der Waals surface area contributed by atoms with Crippen LogP contribution in [0, 0.1) is 0 Å². The first-order valence-electron chi connectivity index (χ1n) is 8.13. The standard InChI is InChI=1S/C17H26N4O2.ClH/c1-12(2)20-16(23)21-14-7-5-13(6-8-14)11-19-15(22)17(18)9-3-4-10-17;/h5-8,12H,3-4,9-11,18H2,1-2H3,(H,19,22)(H2,20,21,23);1H. The van der Waals surface area contributed by atoms with Crippen LogP contribution in [0.5, 0.6) is 0 Å². The molecule has 0 bridgehead atoms. The van der Waals surface area contributed by atoms with E-state index in [1.807, 2.05) is 38.1 Å². The van der Waals surface area contributed by atoms with Gasteiger partial charge in [-0.15, -0.1) is 12.4 Å². The first-order valence-corrected chi connectivity index (χ1v) is 8.13. The van der Waals surface area contributed by atoms with E-state index < -0.39 is 5.54 Å². The summed E-state index contributed by atoms with van der Waals surface area (Å²) in [5.41, 5.74) is 7.10. The molecule has 3 amide bonds. The van der Waals surface area contributed by atoms with Crippen LogP contribution >= 0.6 is 12.4 Å². The summed E-state index contributed by atoms with van der Waals surface area (Å²) in [4.78, 5) is 23.8. The van der Waals surface area contributed by atoms with Crippen LogP contribution in [0.2, 0.25) is 0 Å². The van der Waals surface area contributed by atoms with Crippen LogP contribution in [0.1, 0.15) is 45.1 Å². The van der Waals surface area contributed by atoms with E-state index in [2.05, 4.69) is 16.0 Å². The van der Waals surface area contributed by atoms with E-state index in [1.54, 1.807) is 0 Å². The Labute approximate surface area is 149 Å². The van der Waals surface area contributed by atoms with Gasteiger partial charge in [0.1, 0.15) is 0 Å². The lowest BCUT2D eigenvalue weighted by Crippen LogP contribution is -2.51. The van der Waals surface area contributed by atoms with Gasteiger partial charge in [-0.05, 0) is 44.4 Å². The summed E-state index contributed by atoms with van der Waals surface area (Å²) in [6, 6.07) is 7.24. The van der Waals surface area contributed by atoms with Crippen LogP contribution in [0.3, 0.4) is 0 Å². The van der Waals surface area contributed by atoms with E-state index in [0.717, 1.165) is 31.2 Å². The predicted octanol–water partition coefficient (Wildman–Crippen LogP) is 2.53. The molecule has 1 aromatic rings. The van der Waals surface area contributed by atoms with E-state index in [4.69, 9.17) is 5.73 Å². The number of halogens is 1. The van der Waals surface area contributed by atoms with Crippen molar-refractivity contribution in [2.45, 2.75) is 57.7 Å². The lowest BCUT2D eigenvalue weighted by atomic mass is 9.98. The maximum atomic E-state index is 12.2. The minimum absolute atomic E-state index is 0. The molecule has 24 heavy (non-hydrogen) atoms. The highest BCUT2D eigenvalue weighted by atomic mass is 35.5. The number of anilines is 1. The Morgan fingerprint density at radius 3 is 2.29 bits per heavy atom. The van der Waals surface area contributed by atoms with Crippen molar-refractivity contribution in [3.05, 3.63) is 29.8 Å². The largest absolute Gasteiger partial charge is 0.350 e. The molecule has 0 aromatic heterocycles. The van der Waals surface area contributed by atoms with Gasteiger partial charge in [0.2, 0.25) is 5.91 Å². The third-order valence-corrected chi connectivity index (χ3v) is 4.03. The number of nitrogens with one attached hydrogen (secondary N) is 3. The lowest BCUT2D eigenvalue weighted by molar-refractivity contribution is -0.126. The fourth-order valence-corrected chi connectivity index (χ4v) is 2.73. The molecule has 0 heterocycles. The third kappa shape index (κ3) is 5.69. The molecule has 0 atom stereocenters. The van der Waals surface area contributed by atoms with Crippen molar-refractivity contribution < 1.29 is 9.59 Å². The van der Waals surface area contributed by atoms with Gasteiger partial charge in [0, 0.05) is 18.3 Å². The van der Waals surface area contributed by atoms with Gasteiger partial charge in [0.15, 0.2) is 0 Å². The van der Waals surface area contributed by atoms with E-state index in [-0.39, 0.29) is 30.4 Å². The lowest BCUT2D eigenvalue weighted by Gasteiger charge is -2.22. The van der Waals surface area contributed by atoms with Crippen LogP contribution < -0.4 is 21.7 Å². The van der Waals surface area contributed by atoms with Crippen LogP contribution in [0.25, 0.3) is 0 Å². The molecular formula is C17H27ClN4O2. The Bertz CT molecular complexity index is 554. The number of amides is 3. The summed E-state index contributed by atoms with van der Waals surface area (Å²) in [7, 11) is 0. The Hall–Kier alpha value is -1.79. The molecular weight excluding hydrogens is 328 g/mol. The summed E-state index contributed by atoms with van der Waals surface area (Å²) in [5.74, 6) is -0.0755. The van der Waals surface area contributed by atoms with Gasteiger partial charge in [-0.2, -0.15) is 0 Å². The van der Waals surface area contributed by atoms with Gasteiger partial charge in [-0.3, -0.25) is 4.79 Å². The zero-order chi connectivity index (χ0) is 16.9. The summed E-state index contributed by atoms with van der Waals surface area (Å²) in [6.45, 7) is 4.25. The van der Waals surface area contributed by atoms with Gasteiger partial charge in [-0.25, -0.2) is 4.79 Å². The third-order valence-electron chi connectivity index (χ3n) is 4.03. The SMILES string of the molecule is CC(C)NC(=O)Nc1ccc(CNC(=O)C2(N)CCCC2)cc1.Cl. The molecule has 7 heteroatoms. The van der Waals surface area contributed by atoms with Crippen LogP contribution in [-0.4, -0.2) is 23.5 Å².